The summed E-state index contributed by atoms with van der Waals surface area (Å²) in [4.78, 5) is 2.55. The number of benzene rings is 9. The maximum atomic E-state index is 2.69. The second-order valence-electron chi connectivity index (χ2n) is 16.8. The van der Waals surface area contributed by atoms with Gasteiger partial charge in [0.15, 0.2) is 0 Å². The fourth-order valence-corrected chi connectivity index (χ4v) is 10.9. The SMILES string of the molecule is CC1(C)c2ccccc2-c2c(N(c3ccc(-c4ccccc4)cc3)c3cccc4c5ccccc5n(C5(c6ccccc6)c6ccccc6-c6ccccc65)c34)cccc21. The van der Waals surface area contributed by atoms with Gasteiger partial charge in [0.2, 0.25) is 0 Å². The number of hydrogen-bond donors (Lipinski definition) is 0. The van der Waals surface area contributed by atoms with E-state index >= 15 is 0 Å². The van der Waals surface area contributed by atoms with Crippen LogP contribution in [0.25, 0.3) is 55.2 Å². The van der Waals surface area contributed by atoms with Gasteiger partial charge in [-0.3, -0.25) is 0 Å². The van der Waals surface area contributed by atoms with E-state index < -0.39 is 5.54 Å². The average Bonchev–Trinajstić information content (AvgIpc) is 3.89. The van der Waals surface area contributed by atoms with Gasteiger partial charge in [-0.05, 0) is 86.0 Å². The van der Waals surface area contributed by atoms with Crippen molar-refractivity contribution in [2.24, 2.45) is 0 Å². The third-order valence-corrected chi connectivity index (χ3v) is 13.4. The van der Waals surface area contributed by atoms with Crippen LogP contribution in [-0.4, -0.2) is 4.57 Å². The highest BCUT2D eigenvalue weighted by atomic mass is 15.2. The Labute approximate surface area is 351 Å². The number of aromatic nitrogens is 1. The number of hydrogen-bond acceptors (Lipinski definition) is 1. The molecule has 9 aromatic carbocycles. The summed E-state index contributed by atoms with van der Waals surface area (Å²) in [6.45, 7) is 4.75. The van der Waals surface area contributed by atoms with Crippen LogP contribution < -0.4 is 4.90 Å². The molecule has 12 rings (SSSR count). The van der Waals surface area contributed by atoms with Crippen molar-refractivity contribution < 1.29 is 0 Å². The maximum absolute atomic E-state index is 2.69. The van der Waals surface area contributed by atoms with Crippen molar-refractivity contribution >= 4 is 38.9 Å². The Hall–Kier alpha value is -7.42. The molecule has 0 spiro atoms. The second-order valence-corrected chi connectivity index (χ2v) is 16.8. The molecule has 2 aliphatic carbocycles. The first-order valence-corrected chi connectivity index (χ1v) is 21.0. The number of rotatable bonds is 6. The van der Waals surface area contributed by atoms with Crippen LogP contribution in [0.3, 0.4) is 0 Å². The molecule has 284 valence electrons. The normalized spacial score (nSPS) is 14.1. The van der Waals surface area contributed by atoms with E-state index in [1.807, 2.05) is 0 Å². The lowest BCUT2D eigenvalue weighted by Gasteiger charge is -2.38. The van der Waals surface area contributed by atoms with E-state index in [2.05, 4.69) is 242 Å². The van der Waals surface area contributed by atoms with Gasteiger partial charge in [0.05, 0.1) is 22.4 Å². The largest absolute Gasteiger partial charge is 0.320 e. The van der Waals surface area contributed by atoms with Gasteiger partial charge >= 0.3 is 0 Å². The van der Waals surface area contributed by atoms with E-state index in [4.69, 9.17) is 0 Å². The van der Waals surface area contributed by atoms with Crippen molar-refractivity contribution in [2.45, 2.75) is 24.8 Å². The molecule has 2 nitrogen and oxygen atoms in total. The summed E-state index contributed by atoms with van der Waals surface area (Å²) in [7, 11) is 0. The molecule has 0 unspecified atom stereocenters. The predicted octanol–water partition coefficient (Wildman–Crippen LogP) is 15.1. The molecule has 10 aromatic rings. The monoisotopic (exact) mass is 766 g/mol. The van der Waals surface area contributed by atoms with E-state index in [9.17, 15) is 0 Å². The van der Waals surface area contributed by atoms with Crippen molar-refractivity contribution in [3.63, 3.8) is 0 Å². The van der Waals surface area contributed by atoms with Crippen LogP contribution in [0.4, 0.5) is 17.1 Å². The Morgan fingerprint density at radius 3 is 1.62 bits per heavy atom. The number of para-hydroxylation sites is 2. The first-order chi connectivity index (χ1) is 29.6. The molecule has 0 bridgehead atoms. The average molecular weight is 767 g/mol. The van der Waals surface area contributed by atoms with Crippen LogP contribution in [0.5, 0.6) is 0 Å². The predicted molar refractivity (Wildman–Crippen MR) is 251 cm³/mol. The minimum atomic E-state index is -0.679. The maximum Gasteiger partial charge on any atom is 0.122 e. The Bertz CT molecular complexity index is 3230. The zero-order valence-corrected chi connectivity index (χ0v) is 33.7. The molecule has 0 radical (unpaired) electrons. The summed E-state index contributed by atoms with van der Waals surface area (Å²) in [5, 5.41) is 2.45. The Morgan fingerprint density at radius 2 is 0.900 bits per heavy atom. The molecule has 0 amide bonds. The lowest BCUT2D eigenvalue weighted by Crippen LogP contribution is -2.36. The standard InChI is InChI=1S/C58H42N2/c1-57(2)48-28-13-11-26-47(48)55-51(57)31-18-33-53(55)59(42-37-35-40(36-38-42)39-19-5-3-6-20-39)54-34-17-27-46-45-25-12-16-32-52(45)60(56(46)54)58(41-21-7-4-8-22-41)49-29-14-9-23-43(49)44-24-10-15-30-50(44)58/h3-38H,1-2H3. The van der Waals surface area contributed by atoms with Crippen LogP contribution in [0, 0.1) is 0 Å². The highest BCUT2D eigenvalue weighted by Crippen LogP contribution is 2.59. The van der Waals surface area contributed by atoms with Gasteiger partial charge in [-0.15, -0.1) is 0 Å². The first kappa shape index (κ1) is 34.6. The smallest absolute Gasteiger partial charge is 0.122 e. The van der Waals surface area contributed by atoms with Crippen molar-refractivity contribution in [3.05, 3.63) is 246 Å². The van der Waals surface area contributed by atoms with Crippen LogP contribution in [0.15, 0.2) is 218 Å². The van der Waals surface area contributed by atoms with Gasteiger partial charge in [-0.1, -0.05) is 202 Å². The van der Waals surface area contributed by atoms with Gasteiger partial charge in [0.25, 0.3) is 0 Å². The van der Waals surface area contributed by atoms with Gasteiger partial charge in [0.1, 0.15) is 5.54 Å². The van der Waals surface area contributed by atoms with Crippen molar-refractivity contribution in [3.8, 4) is 33.4 Å². The van der Waals surface area contributed by atoms with Crippen molar-refractivity contribution in [1.29, 1.82) is 0 Å². The quantitative estimate of drug-likeness (QED) is 0.164. The van der Waals surface area contributed by atoms with E-state index in [1.54, 1.807) is 0 Å². The Kier molecular flexibility index (Phi) is 7.52. The second kappa shape index (κ2) is 13.0. The molecule has 0 N–H and O–H groups in total. The highest BCUT2D eigenvalue weighted by Gasteiger charge is 2.48. The van der Waals surface area contributed by atoms with Gasteiger partial charge in [-0.25, -0.2) is 0 Å². The zero-order chi connectivity index (χ0) is 40.0. The number of fused-ring (bicyclic) bond motifs is 9. The number of nitrogens with zero attached hydrogens (tertiary/aromatic N) is 2. The molecular weight excluding hydrogens is 725 g/mol. The summed E-state index contributed by atoms with van der Waals surface area (Å²) >= 11 is 0. The molecule has 0 fully saturated rings. The fourth-order valence-electron chi connectivity index (χ4n) is 10.9. The lowest BCUT2D eigenvalue weighted by molar-refractivity contribution is 0.564. The summed E-state index contributed by atoms with van der Waals surface area (Å²) in [6.07, 6.45) is 0. The zero-order valence-electron chi connectivity index (χ0n) is 33.7. The molecule has 2 heteroatoms. The van der Waals surface area contributed by atoms with Crippen LogP contribution in [0.2, 0.25) is 0 Å². The summed E-state index contributed by atoms with van der Waals surface area (Å²) in [5.74, 6) is 0. The van der Waals surface area contributed by atoms with E-state index in [1.165, 1.54) is 88.7 Å². The van der Waals surface area contributed by atoms with Crippen molar-refractivity contribution in [1.82, 2.24) is 4.57 Å². The molecule has 2 aliphatic rings. The summed E-state index contributed by atoms with van der Waals surface area (Å²) < 4.78 is 2.69. The van der Waals surface area contributed by atoms with E-state index in [0.29, 0.717) is 0 Å². The Balaban J connectivity index is 1.24. The minimum Gasteiger partial charge on any atom is -0.320 e. The first-order valence-electron chi connectivity index (χ1n) is 21.0. The minimum absolute atomic E-state index is 0.152. The van der Waals surface area contributed by atoms with Gasteiger partial charge in [0, 0.05) is 27.4 Å². The van der Waals surface area contributed by atoms with Gasteiger partial charge in [-0.2, -0.15) is 0 Å². The Morgan fingerprint density at radius 1 is 0.383 bits per heavy atom. The van der Waals surface area contributed by atoms with Crippen molar-refractivity contribution in [2.75, 3.05) is 4.90 Å². The molecule has 0 saturated heterocycles. The van der Waals surface area contributed by atoms with E-state index in [0.717, 1.165) is 11.4 Å². The molecule has 1 heterocycles. The summed E-state index contributed by atoms with van der Waals surface area (Å²) in [6, 6.07) is 81.1. The van der Waals surface area contributed by atoms with E-state index in [-0.39, 0.29) is 5.41 Å². The third kappa shape index (κ3) is 4.70. The molecule has 0 saturated carbocycles. The molecule has 60 heavy (non-hydrogen) atoms. The molecule has 1 aromatic heterocycles. The fraction of sp³-hybridized carbons (Fsp3) is 0.0690. The summed E-state index contributed by atoms with van der Waals surface area (Å²) in [5.41, 5.74) is 19.0. The van der Waals surface area contributed by atoms with Crippen LogP contribution >= 0.6 is 0 Å². The topological polar surface area (TPSA) is 8.17 Å². The highest BCUT2D eigenvalue weighted by molar-refractivity contribution is 6.15. The van der Waals surface area contributed by atoms with Crippen LogP contribution in [-0.2, 0) is 11.0 Å². The molecule has 0 aliphatic heterocycles. The molecular formula is C58H42N2. The molecule has 0 atom stereocenters. The lowest BCUT2D eigenvalue weighted by atomic mass is 9.80. The van der Waals surface area contributed by atoms with Crippen LogP contribution in [0.1, 0.15) is 41.7 Å². The number of anilines is 3. The van der Waals surface area contributed by atoms with Gasteiger partial charge < -0.3 is 9.47 Å². The third-order valence-electron chi connectivity index (χ3n) is 13.4.